The third-order valence-corrected chi connectivity index (χ3v) is 4.57. The molecule has 2 nitrogen and oxygen atoms in total. The molecule has 1 rings (SSSR count). The normalized spacial score (nSPS) is 22.4. The second-order valence-electron chi connectivity index (χ2n) is 4.45. The second-order valence-corrected chi connectivity index (χ2v) is 6.25. The maximum absolute atomic E-state index is 11.1. The fraction of sp³-hybridized carbons (Fsp3) is 1.00. The summed E-state index contributed by atoms with van der Waals surface area (Å²) >= 11 is 0. The lowest BCUT2D eigenvalue weighted by molar-refractivity contribution is 0.485. The van der Waals surface area contributed by atoms with E-state index in [1.54, 1.807) is 6.26 Å². The molecule has 14 heavy (non-hydrogen) atoms. The summed E-state index contributed by atoms with van der Waals surface area (Å²) in [4.78, 5) is 0. The molecule has 0 spiro atoms. The van der Waals surface area contributed by atoms with Gasteiger partial charge in [-0.15, -0.1) is 0 Å². The summed E-state index contributed by atoms with van der Waals surface area (Å²) in [6.45, 7) is 4.26. The van der Waals surface area contributed by atoms with E-state index < -0.39 is 10.8 Å². The highest BCUT2D eigenvalue weighted by atomic mass is 32.2. The van der Waals surface area contributed by atoms with Crippen LogP contribution in [0, 0.1) is 5.92 Å². The van der Waals surface area contributed by atoms with Gasteiger partial charge in [0.2, 0.25) is 0 Å². The minimum Gasteiger partial charge on any atom is -0.316 e. The van der Waals surface area contributed by atoms with Gasteiger partial charge in [-0.3, -0.25) is 4.21 Å². The van der Waals surface area contributed by atoms with Gasteiger partial charge in [-0.2, -0.15) is 0 Å². The molecule has 0 aromatic heterocycles. The van der Waals surface area contributed by atoms with Gasteiger partial charge in [0.1, 0.15) is 0 Å². The van der Waals surface area contributed by atoms with Gasteiger partial charge in [-0.05, 0) is 38.3 Å². The van der Waals surface area contributed by atoms with Crippen LogP contribution in [-0.4, -0.2) is 28.8 Å². The lowest BCUT2D eigenvalue weighted by Gasteiger charge is -2.12. The van der Waals surface area contributed by atoms with Crippen LogP contribution in [0.5, 0.6) is 0 Å². The Bertz CT molecular complexity index is 178. The second kappa shape index (κ2) is 6.57. The standard InChI is InChI=1S/C11H23NOS/c1-10(14(2)13)7-8-12-9-11-5-3-4-6-11/h10-12H,3-9H2,1-2H3. The minimum atomic E-state index is -0.656. The first-order chi connectivity index (χ1) is 6.70. The highest BCUT2D eigenvalue weighted by molar-refractivity contribution is 7.84. The first kappa shape index (κ1) is 12.2. The van der Waals surface area contributed by atoms with Gasteiger partial charge in [0, 0.05) is 22.3 Å². The molecule has 1 aliphatic rings. The molecular formula is C11H23NOS. The number of hydrogen-bond donors (Lipinski definition) is 1. The molecule has 84 valence electrons. The van der Waals surface area contributed by atoms with Crippen molar-refractivity contribution in [1.82, 2.24) is 5.32 Å². The van der Waals surface area contributed by atoms with E-state index in [-0.39, 0.29) is 0 Å². The quantitative estimate of drug-likeness (QED) is 0.689. The van der Waals surface area contributed by atoms with Crippen LogP contribution in [0.1, 0.15) is 39.0 Å². The third kappa shape index (κ3) is 4.56. The highest BCUT2D eigenvalue weighted by Gasteiger charge is 2.14. The summed E-state index contributed by atoms with van der Waals surface area (Å²) in [5.41, 5.74) is 0. The molecule has 1 fully saturated rings. The molecule has 3 heteroatoms. The summed E-state index contributed by atoms with van der Waals surface area (Å²) in [5, 5.41) is 3.82. The van der Waals surface area contributed by atoms with Crippen molar-refractivity contribution < 1.29 is 4.21 Å². The molecule has 0 aliphatic heterocycles. The first-order valence-corrected chi connectivity index (χ1v) is 7.35. The maximum Gasteiger partial charge on any atom is 0.0329 e. The molecule has 2 unspecified atom stereocenters. The fourth-order valence-electron chi connectivity index (χ4n) is 1.99. The largest absolute Gasteiger partial charge is 0.316 e. The van der Waals surface area contributed by atoms with Crippen molar-refractivity contribution in [1.29, 1.82) is 0 Å². The summed E-state index contributed by atoms with van der Waals surface area (Å²) in [5.74, 6) is 0.914. The van der Waals surface area contributed by atoms with Crippen LogP contribution in [0.15, 0.2) is 0 Å². The first-order valence-electron chi connectivity index (χ1n) is 5.73. The zero-order valence-electron chi connectivity index (χ0n) is 9.42. The van der Waals surface area contributed by atoms with Crippen molar-refractivity contribution in [2.75, 3.05) is 19.3 Å². The molecule has 0 heterocycles. The van der Waals surface area contributed by atoms with E-state index in [1.807, 2.05) is 0 Å². The van der Waals surface area contributed by atoms with E-state index >= 15 is 0 Å². The molecule has 0 aromatic rings. The molecule has 1 N–H and O–H groups in total. The topological polar surface area (TPSA) is 29.1 Å². The maximum atomic E-state index is 11.1. The van der Waals surface area contributed by atoms with Crippen LogP contribution < -0.4 is 5.32 Å². The van der Waals surface area contributed by atoms with Crippen molar-refractivity contribution in [2.45, 2.75) is 44.3 Å². The zero-order chi connectivity index (χ0) is 10.4. The summed E-state index contributed by atoms with van der Waals surface area (Å²) in [6, 6.07) is 0. The lowest BCUT2D eigenvalue weighted by Crippen LogP contribution is -2.25. The molecule has 2 atom stereocenters. The predicted molar refractivity (Wildman–Crippen MR) is 63.0 cm³/mol. The van der Waals surface area contributed by atoms with Crippen LogP contribution >= 0.6 is 0 Å². The van der Waals surface area contributed by atoms with E-state index in [4.69, 9.17) is 0 Å². The van der Waals surface area contributed by atoms with Crippen molar-refractivity contribution in [3.8, 4) is 0 Å². The van der Waals surface area contributed by atoms with E-state index in [2.05, 4.69) is 12.2 Å². The van der Waals surface area contributed by atoms with Gasteiger partial charge in [0.25, 0.3) is 0 Å². The molecule has 1 saturated carbocycles. The Labute approximate surface area is 90.3 Å². The third-order valence-electron chi connectivity index (χ3n) is 3.20. The van der Waals surface area contributed by atoms with E-state index in [0.717, 1.165) is 18.9 Å². The number of nitrogens with one attached hydrogen (secondary N) is 1. The van der Waals surface area contributed by atoms with Crippen molar-refractivity contribution >= 4 is 10.8 Å². The van der Waals surface area contributed by atoms with Crippen LogP contribution in [-0.2, 0) is 10.8 Å². The van der Waals surface area contributed by atoms with Crippen LogP contribution in [0.2, 0.25) is 0 Å². The Kier molecular flexibility index (Phi) is 5.71. The van der Waals surface area contributed by atoms with Gasteiger partial charge in [-0.1, -0.05) is 19.8 Å². The van der Waals surface area contributed by atoms with Crippen LogP contribution in [0.3, 0.4) is 0 Å². The summed E-state index contributed by atoms with van der Waals surface area (Å²) < 4.78 is 11.1. The highest BCUT2D eigenvalue weighted by Crippen LogP contribution is 2.23. The van der Waals surface area contributed by atoms with Gasteiger partial charge in [0.05, 0.1) is 0 Å². The van der Waals surface area contributed by atoms with E-state index in [1.165, 1.54) is 32.2 Å². The molecular weight excluding hydrogens is 194 g/mol. The van der Waals surface area contributed by atoms with Gasteiger partial charge < -0.3 is 5.32 Å². The molecule has 1 aliphatic carbocycles. The SMILES string of the molecule is CC(CCNCC1CCCC1)S(C)=O. The smallest absolute Gasteiger partial charge is 0.0329 e. The van der Waals surface area contributed by atoms with Gasteiger partial charge >= 0.3 is 0 Å². The molecule has 0 saturated heterocycles. The molecule has 0 aromatic carbocycles. The number of hydrogen-bond acceptors (Lipinski definition) is 2. The zero-order valence-corrected chi connectivity index (χ0v) is 10.2. The molecule has 0 amide bonds. The van der Waals surface area contributed by atoms with Crippen LogP contribution in [0.4, 0.5) is 0 Å². The summed E-state index contributed by atoms with van der Waals surface area (Å²) in [7, 11) is -0.656. The van der Waals surface area contributed by atoms with Crippen molar-refractivity contribution in [2.24, 2.45) is 5.92 Å². The monoisotopic (exact) mass is 217 g/mol. The Morgan fingerprint density at radius 2 is 2.07 bits per heavy atom. The number of rotatable bonds is 6. The molecule has 0 radical (unpaired) electrons. The van der Waals surface area contributed by atoms with E-state index in [9.17, 15) is 4.21 Å². The van der Waals surface area contributed by atoms with E-state index in [0.29, 0.717) is 5.25 Å². The Morgan fingerprint density at radius 1 is 1.43 bits per heavy atom. The van der Waals surface area contributed by atoms with Gasteiger partial charge in [-0.25, -0.2) is 0 Å². The van der Waals surface area contributed by atoms with Crippen LogP contribution in [0.25, 0.3) is 0 Å². The Balaban J connectivity index is 1.95. The lowest BCUT2D eigenvalue weighted by atomic mass is 10.1. The Hall–Kier alpha value is 0.110. The summed E-state index contributed by atoms with van der Waals surface area (Å²) in [6.07, 6.45) is 8.48. The predicted octanol–water partition coefficient (Wildman–Crippen LogP) is 1.92. The Morgan fingerprint density at radius 3 is 2.64 bits per heavy atom. The van der Waals surface area contributed by atoms with Crippen molar-refractivity contribution in [3.05, 3.63) is 0 Å². The average molecular weight is 217 g/mol. The minimum absolute atomic E-state index is 0.339. The molecule has 0 bridgehead atoms. The average Bonchev–Trinajstić information content (AvgIpc) is 2.64. The van der Waals surface area contributed by atoms with Crippen molar-refractivity contribution in [3.63, 3.8) is 0 Å². The fourth-order valence-corrected chi connectivity index (χ4v) is 2.44. The van der Waals surface area contributed by atoms with Gasteiger partial charge in [0.15, 0.2) is 0 Å².